The Morgan fingerprint density at radius 1 is 0.759 bits per heavy atom. The molecule has 1 unspecified atom stereocenters. The van der Waals surface area contributed by atoms with Gasteiger partial charge < -0.3 is 10.0 Å². The summed E-state index contributed by atoms with van der Waals surface area (Å²) in [5, 5.41) is 9.39. The molecule has 1 N–H and O–H groups in total. The molecule has 4 nitrogen and oxygen atoms in total. The summed E-state index contributed by atoms with van der Waals surface area (Å²) in [5.41, 5.74) is 0. The lowest BCUT2D eigenvalue weighted by atomic mass is 9.96. The summed E-state index contributed by atoms with van der Waals surface area (Å²) >= 11 is 0. The fourth-order valence-electron chi connectivity index (χ4n) is 3.69. The van der Waals surface area contributed by atoms with E-state index in [0.29, 0.717) is 19.5 Å². The van der Waals surface area contributed by atoms with E-state index in [1.165, 1.54) is 70.6 Å². The third kappa shape index (κ3) is 16.2. The molecule has 0 aliphatic carbocycles. The molecule has 0 heterocycles. The Morgan fingerprint density at radius 3 is 1.72 bits per heavy atom. The van der Waals surface area contributed by atoms with Gasteiger partial charge in [0, 0.05) is 19.5 Å². The highest BCUT2D eigenvalue weighted by Gasteiger charge is 2.22. The van der Waals surface area contributed by atoms with Crippen LogP contribution in [0, 0.1) is 5.92 Å². The predicted molar refractivity (Wildman–Crippen MR) is 123 cm³/mol. The van der Waals surface area contributed by atoms with Gasteiger partial charge in [0.2, 0.25) is 5.91 Å². The number of hydrogen-bond acceptors (Lipinski definition) is 2. The van der Waals surface area contributed by atoms with Gasteiger partial charge in [0.05, 0.1) is 5.92 Å². The van der Waals surface area contributed by atoms with Crippen molar-refractivity contribution < 1.29 is 14.7 Å². The zero-order valence-electron chi connectivity index (χ0n) is 19.5. The molecule has 0 saturated carbocycles. The lowest BCUT2D eigenvalue weighted by Crippen LogP contribution is -2.33. The van der Waals surface area contributed by atoms with Crippen LogP contribution in [0.5, 0.6) is 0 Å². The van der Waals surface area contributed by atoms with E-state index in [9.17, 15) is 14.7 Å². The Bertz CT molecular complexity index is 430. The normalized spacial score (nSPS) is 12.4. The second-order valence-electron chi connectivity index (χ2n) is 8.18. The molecule has 0 spiro atoms. The van der Waals surface area contributed by atoms with Crippen LogP contribution in [0.2, 0.25) is 0 Å². The van der Waals surface area contributed by atoms with Crippen LogP contribution in [0.1, 0.15) is 117 Å². The van der Waals surface area contributed by atoms with Crippen molar-refractivity contribution in [3.63, 3.8) is 0 Å². The molecule has 0 aliphatic heterocycles. The van der Waals surface area contributed by atoms with Gasteiger partial charge in [0.15, 0.2) is 0 Å². The minimum Gasteiger partial charge on any atom is -0.481 e. The van der Waals surface area contributed by atoms with E-state index in [2.05, 4.69) is 19.1 Å². The van der Waals surface area contributed by atoms with E-state index in [4.69, 9.17) is 0 Å². The number of hydrogen-bond donors (Lipinski definition) is 1. The molecule has 4 heteroatoms. The first-order valence-corrected chi connectivity index (χ1v) is 12.2. The first kappa shape index (κ1) is 27.7. The van der Waals surface area contributed by atoms with Gasteiger partial charge in [-0.1, -0.05) is 76.9 Å². The summed E-state index contributed by atoms with van der Waals surface area (Å²) in [5.74, 6) is -1.39. The van der Waals surface area contributed by atoms with Gasteiger partial charge in [-0.15, -0.1) is 0 Å². The van der Waals surface area contributed by atoms with Crippen molar-refractivity contribution in [3.8, 4) is 0 Å². The number of unbranched alkanes of at least 4 members (excludes halogenated alkanes) is 11. The third-order valence-corrected chi connectivity index (χ3v) is 5.70. The smallest absolute Gasteiger partial charge is 0.307 e. The first-order chi connectivity index (χ1) is 14.1. The molecular weight excluding hydrogens is 362 g/mol. The standard InChI is InChI=1S/C25H47NO3/c1-4-7-8-9-10-11-12-13-14-15-16-17-18-19-20-21-23(25(28)29)22-24(27)26(5-2)6-3/h11-12,23H,4-10,13-22H2,1-3H3,(H,28,29)/b12-11+. The molecule has 0 bridgehead atoms. The highest BCUT2D eigenvalue weighted by Crippen LogP contribution is 2.17. The number of amides is 1. The molecule has 0 rings (SSSR count). The van der Waals surface area contributed by atoms with Crippen LogP contribution in [-0.2, 0) is 9.59 Å². The highest BCUT2D eigenvalue weighted by atomic mass is 16.4. The van der Waals surface area contributed by atoms with Crippen LogP contribution >= 0.6 is 0 Å². The molecule has 0 aromatic carbocycles. The maximum absolute atomic E-state index is 12.1. The monoisotopic (exact) mass is 409 g/mol. The van der Waals surface area contributed by atoms with Gasteiger partial charge in [-0.25, -0.2) is 0 Å². The van der Waals surface area contributed by atoms with Crippen LogP contribution in [0.3, 0.4) is 0 Å². The topological polar surface area (TPSA) is 57.6 Å². The van der Waals surface area contributed by atoms with E-state index in [0.717, 1.165) is 12.8 Å². The Hall–Kier alpha value is -1.32. The van der Waals surface area contributed by atoms with Crippen molar-refractivity contribution in [2.24, 2.45) is 5.92 Å². The number of carboxylic acid groups (broad SMARTS) is 1. The summed E-state index contributed by atoms with van der Waals surface area (Å²) in [6.07, 6.45) is 21.5. The number of carbonyl (C=O) groups is 2. The highest BCUT2D eigenvalue weighted by molar-refractivity contribution is 5.82. The Morgan fingerprint density at radius 2 is 1.24 bits per heavy atom. The number of allylic oxidation sites excluding steroid dienone is 2. The molecule has 0 aliphatic rings. The zero-order chi connectivity index (χ0) is 21.7. The van der Waals surface area contributed by atoms with Gasteiger partial charge in [0.1, 0.15) is 0 Å². The molecule has 170 valence electrons. The molecule has 29 heavy (non-hydrogen) atoms. The van der Waals surface area contributed by atoms with Gasteiger partial charge in [-0.05, 0) is 46.0 Å². The van der Waals surface area contributed by atoms with Crippen LogP contribution in [0.25, 0.3) is 0 Å². The van der Waals surface area contributed by atoms with Gasteiger partial charge in [0.25, 0.3) is 0 Å². The van der Waals surface area contributed by atoms with Crippen LogP contribution in [0.15, 0.2) is 12.2 Å². The van der Waals surface area contributed by atoms with E-state index >= 15 is 0 Å². The van der Waals surface area contributed by atoms with E-state index in [1.807, 2.05) is 13.8 Å². The maximum atomic E-state index is 12.1. The SMILES string of the molecule is CCCCCC/C=C/CCCCCCCCCC(CC(=O)N(CC)CC)C(=O)O. The van der Waals surface area contributed by atoms with Crippen LogP contribution in [0.4, 0.5) is 0 Å². The molecular formula is C25H47NO3. The minimum atomic E-state index is -0.830. The van der Waals surface area contributed by atoms with E-state index in [-0.39, 0.29) is 12.3 Å². The Balaban J connectivity index is 3.65. The van der Waals surface area contributed by atoms with Crippen molar-refractivity contribution >= 4 is 11.9 Å². The van der Waals surface area contributed by atoms with E-state index < -0.39 is 11.9 Å². The average molecular weight is 410 g/mol. The lowest BCUT2D eigenvalue weighted by molar-refractivity contribution is -0.146. The summed E-state index contributed by atoms with van der Waals surface area (Å²) in [6.45, 7) is 7.41. The molecule has 1 atom stereocenters. The largest absolute Gasteiger partial charge is 0.481 e. The lowest BCUT2D eigenvalue weighted by Gasteiger charge is -2.21. The van der Waals surface area contributed by atoms with Crippen molar-refractivity contribution in [1.82, 2.24) is 4.90 Å². The quantitative estimate of drug-likeness (QED) is 0.174. The maximum Gasteiger partial charge on any atom is 0.307 e. The van der Waals surface area contributed by atoms with Crippen LogP contribution < -0.4 is 0 Å². The van der Waals surface area contributed by atoms with Crippen molar-refractivity contribution in [2.75, 3.05) is 13.1 Å². The average Bonchev–Trinajstić information content (AvgIpc) is 2.70. The zero-order valence-corrected chi connectivity index (χ0v) is 19.5. The van der Waals surface area contributed by atoms with Gasteiger partial charge in [-0.2, -0.15) is 0 Å². The van der Waals surface area contributed by atoms with E-state index in [1.54, 1.807) is 4.90 Å². The molecule has 0 radical (unpaired) electrons. The second-order valence-corrected chi connectivity index (χ2v) is 8.18. The summed E-state index contributed by atoms with van der Waals surface area (Å²) in [7, 11) is 0. The molecule has 1 amide bonds. The Labute approximate surface area is 180 Å². The molecule has 0 aromatic heterocycles. The third-order valence-electron chi connectivity index (χ3n) is 5.70. The van der Waals surface area contributed by atoms with Crippen LogP contribution in [-0.4, -0.2) is 35.0 Å². The number of carbonyl (C=O) groups excluding carboxylic acids is 1. The molecule has 0 fully saturated rings. The second kappa shape index (κ2) is 20.0. The fourth-order valence-corrected chi connectivity index (χ4v) is 3.69. The summed E-state index contributed by atoms with van der Waals surface area (Å²) < 4.78 is 0. The number of nitrogens with zero attached hydrogens (tertiary/aromatic N) is 1. The van der Waals surface area contributed by atoms with Gasteiger partial charge in [-0.3, -0.25) is 9.59 Å². The first-order valence-electron chi connectivity index (χ1n) is 12.2. The number of rotatable bonds is 20. The molecule has 0 aromatic rings. The van der Waals surface area contributed by atoms with Crippen molar-refractivity contribution in [2.45, 2.75) is 117 Å². The Kier molecular flexibility index (Phi) is 19.1. The number of aliphatic carboxylic acids is 1. The minimum absolute atomic E-state index is 0.0302. The fraction of sp³-hybridized carbons (Fsp3) is 0.840. The summed E-state index contributed by atoms with van der Waals surface area (Å²) in [4.78, 5) is 25.3. The predicted octanol–water partition coefficient (Wildman–Crippen LogP) is 6.98. The number of carboxylic acids is 1. The van der Waals surface area contributed by atoms with Crippen molar-refractivity contribution in [3.05, 3.63) is 12.2 Å². The summed E-state index contributed by atoms with van der Waals surface area (Å²) in [6, 6.07) is 0. The molecule has 0 saturated heterocycles. The van der Waals surface area contributed by atoms with Gasteiger partial charge >= 0.3 is 5.97 Å². The van der Waals surface area contributed by atoms with Crippen molar-refractivity contribution in [1.29, 1.82) is 0 Å².